The molecule has 0 radical (unpaired) electrons. The predicted octanol–water partition coefficient (Wildman–Crippen LogP) is 4.16. The van der Waals surface area contributed by atoms with Crippen molar-refractivity contribution in [2.45, 2.75) is 38.0 Å². The van der Waals surface area contributed by atoms with Gasteiger partial charge in [-0.05, 0) is 48.2 Å². The fourth-order valence-electron chi connectivity index (χ4n) is 3.56. The number of benzene rings is 2. The van der Waals surface area contributed by atoms with Crippen molar-refractivity contribution in [3.05, 3.63) is 78.1 Å². The summed E-state index contributed by atoms with van der Waals surface area (Å²) in [6.45, 7) is 5.53. The summed E-state index contributed by atoms with van der Waals surface area (Å²) < 4.78 is 18.5. The van der Waals surface area contributed by atoms with Crippen molar-refractivity contribution < 1.29 is 19.1 Å². The SMILES string of the molecule is C=CCCC(O)CN(Cc1cccc(OC)c1)CC1CC(c2ccc(F)cc2)=NO1. The Morgan fingerprint density at radius 3 is 2.87 bits per heavy atom. The second-order valence-corrected chi connectivity index (χ2v) is 7.54. The van der Waals surface area contributed by atoms with Gasteiger partial charge in [0.25, 0.3) is 0 Å². The molecule has 30 heavy (non-hydrogen) atoms. The van der Waals surface area contributed by atoms with Crippen LogP contribution in [0.5, 0.6) is 5.75 Å². The lowest BCUT2D eigenvalue weighted by atomic mass is 10.0. The number of hydrogen-bond donors (Lipinski definition) is 1. The zero-order valence-corrected chi connectivity index (χ0v) is 17.3. The quantitative estimate of drug-likeness (QED) is 0.563. The summed E-state index contributed by atoms with van der Waals surface area (Å²) in [7, 11) is 1.65. The first-order valence-electron chi connectivity index (χ1n) is 10.2. The maximum atomic E-state index is 13.2. The molecule has 3 rings (SSSR count). The second kappa shape index (κ2) is 10.9. The lowest BCUT2D eigenvalue weighted by molar-refractivity contribution is 0.0308. The van der Waals surface area contributed by atoms with Crippen molar-refractivity contribution in [2.24, 2.45) is 5.16 Å². The number of oxime groups is 1. The smallest absolute Gasteiger partial charge is 0.145 e. The molecule has 0 fully saturated rings. The zero-order chi connectivity index (χ0) is 21.3. The van der Waals surface area contributed by atoms with Crippen LogP contribution >= 0.6 is 0 Å². The van der Waals surface area contributed by atoms with Gasteiger partial charge in [-0.1, -0.05) is 35.5 Å². The number of aliphatic hydroxyl groups excluding tert-OH is 1. The summed E-state index contributed by atoms with van der Waals surface area (Å²) in [6.07, 6.45) is 3.32. The van der Waals surface area contributed by atoms with Crippen LogP contribution in [0.25, 0.3) is 0 Å². The summed E-state index contributed by atoms with van der Waals surface area (Å²) in [5.41, 5.74) is 2.78. The molecule has 1 aliphatic heterocycles. The Bertz CT molecular complexity index is 854. The van der Waals surface area contributed by atoms with Crippen LogP contribution in [0.4, 0.5) is 4.39 Å². The molecule has 0 saturated carbocycles. The standard InChI is InChI=1S/C24H29FN2O3/c1-3-4-7-21(28)16-27(15-18-6-5-8-22(13-18)29-2)17-23-14-24(26-30-23)19-9-11-20(25)12-10-19/h3,5-6,8-13,21,23,28H,1,4,7,14-17H2,2H3. The number of halogens is 1. The first-order valence-corrected chi connectivity index (χ1v) is 10.2. The van der Waals surface area contributed by atoms with E-state index in [2.05, 4.69) is 16.6 Å². The van der Waals surface area contributed by atoms with E-state index < -0.39 is 6.10 Å². The average molecular weight is 413 g/mol. The number of nitrogens with zero attached hydrogens (tertiary/aromatic N) is 2. The van der Waals surface area contributed by atoms with Gasteiger partial charge >= 0.3 is 0 Å². The van der Waals surface area contributed by atoms with E-state index in [4.69, 9.17) is 9.57 Å². The van der Waals surface area contributed by atoms with Gasteiger partial charge in [-0.15, -0.1) is 6.58 Å². The molecule has 1 aliphatic rings. The van der Waals surface area contributed by atoms with Crippen LogP contribution in [-0.4, -0.2) is 48.1 Å². The van der Waals surface area contributed by atoms with E-state index in [-0.39, 0.29) is 11.9 Å². The van der Waals surface area contributed by atoms with Gasteiger partial charge in [0.15, 0.2) is 0 Å². The van der Waals surface area contributed by atoms with Crippen molar-refractivity contribution in [3.63, 3.8) is 0 Å². The third-order valence-corrected chi connectivity index (χ3v) is 5.09. The van der Waals surface area contributed by atoms with E-state index in [1.165, 1.54) is 12.1 Å². The molecule has 160 valence electrons. The molecule has 5 nitrogen and oxygen atoms in total. The van der Waals surface area contributed by atoms with Crippen LogP contribution in [0.15, 0.2) is 66.3 Å². The molecular weight excluding hydrogens is 383 g/mol. The molecule has 6 heteroatoms. The Morgan fingerprint density at radius 2 is 2.13 bits per heavy atom. The van der Waals surface area contributed by atoms with Crippen LogP contribution in [-0.2, 0) is 11.4 Å². The topological polar surface area (TPSA) is 54.3 Å². The van der Waals surface area contributed by atoms with Gasteiger partial charge in [-0.3, -0.25) is 4.90 Å². The van der Waals surface area contributed by atoms with Crippen LogP contribution in [0.2, 0.25) is 0 Å². The van der Waals surface area contributed by atoms with Crippen LogP contribution < -0.4 is 4.74 Å². The average Bonchev–Trinajstić information content (AvgIpc) is 3.21. The minimum absolute atomic E-state index is 0.123. The number of aliphatic hydroxyl groups is 1. The minimum Gasteiger partial charge on any atom is -0.497 e. The Balaban J connectivity index is 1.64. The van der Waals surface area contributed by atoms with Crippen LogP contribution in [0, 0.1) is 5.82 Å². The largest absolute Gasteiger partial charge is 0.497 e. The molecule has 0 saturated heterocycles. The molecule has 0 amide bonds. The molecule has 2 atom stereocenters. The van der Waals surface area contributed by atoms with Crippen molar-refractivity contribution in [2.75, 3.05) is 20.2 Å². The Kier molecular flexibility index (Phi) is 7.99. The molecule has 1 heterocycles. The molecule has 2 aromatic rings. The molecule has 2 unspecified atom stereocenters. The van der Waals surface area contributed by atoms with E-state index in [1.54, 1.807) is 19.2 Å². The fraction of sp³-hybridized carbons (Fsp3) is 0.375. The first-order chi connectivity index (χ1) is 14.6. The highest BCUT2D eigenvalue weighted by atomic mass is 19.1. The molecule has 0 bridgehead atoms. The Labute approximate surface area is 177 Å². The maximum absolute atomic E-state index is 13.2. The number of rotatable bonds is 11. The highest BCUT2D eigenvalue weighted by molar-refractivity contribution is 6.01. The summed E-state index contributed by atoms with van der Waals surface area (Å²) in [4.78, 5) is 7.83. The number of methoxy groups -OCH3 is 1. The van der Waals surface area contributed by atoms with Crippen molar-refractivity contribution >= 4 is 5.71 Å². The summed E-state index contributed by atoms with van der Waals surface area (Å²) in [5.74, 6) is 0.534. The van der Waals surface area contributed by atoms with Crippen LogP contribution in [0.3, 0.4) is 0 Å². The van der Waals surface area contributed by atoms with E-state index >= 15 is 0 Å². The zero-order valence-electron chi connectivity index (χ0n) is 17.3. The lowest BCUT2D eigenvalue weighted by Crippen LogP contribution is -2.37. The monoisotopic (exact) mass is 412 g/mol. The highest BCUT2D eigenvalue weighted by Gasteiger charge is 2.25. The third kappa shape index (κ3) is 6.40. The van der Waals surface area contributed by atoms with Gasteiger partial charge in [0.2, 0.25) is 0 Å². The number of hydrogen-bond acceptors (Lipinski definition) is 5. The molecule has 2 aromatic carbocycles. The highest BCUT2D eigenvalue weighted by Crippen LogP contribution is 2.20. The summed E-state index contributed by atoms with van der Waals surface area (Å²) in [5, 5.41) is 14.6. The lowest BCUT2D eigenvalue weighted by Gasteiger charge is -2.27. The van der Waals surface area contributed by atoms with E-state index in [0.717, 1.165) is 29.0 Å². The van der Waals surface area contributed by atoms with Crippen LogP contribution in [0.1, 0.15) is 30.4 Å². The first kappa shape index (κ1) is 22.0. The van der Waals surface area contributed by atoms with Gasteiger partial charge in [0, 0.05) is 26.1 Å². The molecule has 0 spiro atoms. The fourth-order valence-corrected chi connectivity index (χ4v) is 3.56. The molecule has 0 aromatic heterocycles. The molecule has 0 aliphatic carbocycles. The van der Waals surface area contributed by atoms with Gasteiger partial charge in [-0.25, -0.2) is 4.39 Å². The van der Waals surface area contributed by atoms with E-state index in [1.807, 2.05) is 30.3 Å². The van der Waals surface area contributed by atoms with E-state index in [0.29, 0.717) is 32.5 Å². The van der Waals surface area contributed by atoms with Crippen molar-refractivity contribution in [1.82, 2.24) is 4.90 Å². The van der Waals surface area contributed by atoms with Gasteiger partial charge < -0.3 is 14.7 Å². The second-order valence-electron chi connectivity index (χ2n) is 7.54. The third-order valence-electron chi connectivity index (χ3n) is 5.09. The normalized spacial score (nSPS) is 16.8. The van der Waals surface area contributed by atoms with Crippen molar-refractivity contribution in [3.8, 4) is 5.75 Å². The molecular formula is C24H29FN2O3. The summed E-state index contributed by atoms with van der Waals surface area (Å²) >= 11 is 0. The maximum Gasteiger partial charge on any atom is 0.145 e. The predicted molar refractivity (Wildman–Crippen MR) is 116 cm³/mol. The van der Waals surface area contributed by atoms with Gasteiger partial charge in [-0.2, -0.15) is 0 Å². The van der Waals surface area contributed by atoms with Gasteiger partial charge in [0.05, 0.1) is 18.9 Å². The Morgan fingerprint density at radius 1 is 1.33 bits per heavy atom. The van der Waals surface area contributed by atoms with Gasteiger partial charge in [0.1, 0.15) is 17.7 Å². The molecule has 1 N–H and O–H groups in total. The number of ether oxygens (including phenoxy) is 1. The Hall–Kier alpha value is -2.70. The van der Waals surface area contributed by atoms with Crippen molar-refractivity contribution in [1.29, 1.82) is 0 Å². The minimum atomic E-state index is -0.451. The van der Waals surface area contributed by atoms with E-state index in [9.17, 15) is 9.50 Å². The summed E-state index contributed by atoms with van der Waals surface area (Å²) in [6, 6.07) is 14.2. The number of allylic oxidation sites excluding steroid dienone is 1.